The van der Waals surface area contributed by atoms with Gasteiger partial charge in [0.1, 0.15) is 0 Å². The summed E-state index contributed by atoms with van der Waals surface area (Å²) in [5.41, 5.74) is 2.84. The van der Waals surface area contributed by atoms with Crippen molar-refractivity contribution in [3.63, 3.8) is 0 Å². The van der Waals surface area contributed by atoms with Crippen molar-refractivity contribution in [3.8, 4) is 0 Å². The lowest BCUT2D eigenvalue weighted by molar-refractivity contribution is -0.114. The van der Waals surface area contributed by atoms with Crippen LogP contribution >= 0.6 is 11.8 Å². The van der Waals surface area contributed by atoms with Crippen LogP contribution in [0.1, 0.15) is 29.8 Å². The number of carbonyl (C=O) groups is 2. The molecule has 0 saturated heterocycles. The molecule has 8 heteroatoms. The van der Waals surface area contributed by atoms with E-state index in [0.717, 1.165) is 10.5 Å². The molecule has 1 atom stereocenters. The zero-order valence-corrected chi connectivity index (χ0v) is 17.6. The van der Waals surface area contributed by atoms with Crippen LogP contribution in [0, 0.1) is 0 Å². The zero-order chi connectivity index (χ0) is 20.5. The Bertz CT molecular complexity index is 1020. The van der Waals surface area contributed by atoms with E-state index in [1.54, 1.807) is 30.3 Å². The van der Waals surface area contributed by atoms with E-state index >= 15 is 0 Å². The van der Waals surface area contributed by atoms with Crippen molar-refractivity contribution in [2.45, 2.75) is 31.2 Å². The van der Waals surface area contributed by atoms with Crippen LogP contribution in [0.3, 0.4) is 0 Å². The number of thioether (sulfide) groups is 1. The van der Waals surface area contributed by atoms with E-state index in [9.17, 15) is 18.0 Å². The van der Waals surface area contributed by atoms with Crippen molar-refractivity contribution in [2.75, 3.05) is 21.6 Å². The molecule has 1 heterocycles. The van der Waals surface area contributed by atoms with E-state index in [2.05, 4.69) is 5.32 Å². The highest BCUT2D eigenvalue weighted by atomic mass is 32.2. The molecule has 0 unspecified atom stereocenters. The van der Waals surface area contributed by atoms with E-state index in [1.807, 2.05) is 19.1 Å². The minimum absolute atomic E-state index is 0.0100. The summed E-state index contributed by atoms with van der Waals surface area (Å²) < 4.78 is 25.4. The maximum atomic E-state index is 12.6. The van der Waals surface area contributed by atoms with Gasteiger partial charge in [-0.15, -0.1) is 11.8 Å². The molecule has 2 aromatic carbocycles. The van der Waals surface area contributed by atoms with Gasteiger partial charge in [0.2, 0.25) is 15.9 Å². The number of nitrogens with one attached hydrogen (secondary N) is 1. The number of nitrogens with zero attached hydrogens (tertiary/aromatic N) is 1. The number of sulfonamides is 1. The number of amides is 1. The van der Waals surface area contributed by atoms with Crippen molar-refractivity contribution < 1.29 is 18.0 Å². The van der Waals surface area contributed by atoms with Crippen LogP contribution in [0.15, 0.2) is 47.4 Å². The van der Waals surface area contributed by atoms with Gasteiger partial charge in [0.15, 0.2) is 5.78 Å². The van der Waals surface area contributed by atoms with Crippen molar-refractivity contribution in [2.24, 2.45) is 0 Å². The standard InChI is InChI=1S/C20H22N2O4S2/c1-13-10-16-11-15(4-9-19(16)22(13)28(3,25)26)20(24)12-27-18-7-5-17(6-8-18)21-14(2)23/h4-9,11,13H,10,12H2,1-3H3,(H,21,23)/t13-/m0/s1. The van der Waals surface area contributed by atoms with E-state index < -0.39 is 10.0 Å². The van der Waals surface area contributed by atoms with Crippen LogP contribution in [0.25, 0.3) is 0 Å². The second-order valence-corrected chi connectivity index (χ2v) is 9.78. The van der Waals surface area contributed by atoms with Crippen LogP contribution in [0.4, 0.5) is 11.4 Å². The fourth-order valence-electron chi connectivity index (χ4n) is 3.35. The summed E-state index contributed by atoms with van der Waals surface area (Å²) in [6, 6.07) is 12.4. The molecule has 3 rings (SSSR count). The van der Waals surface area contributed by atoms with Gasteiger partial charge in [-0.25, -0.2) is 8.42 Å². The topological polar surface area (TPSA) is 83.6 Å². The number of rotatable bonds is 6. The maximum absolute atomic E-state index is 12.6. The van der Waals surface area contributed by atoms with Gasteiger partial charge < -0.3 is 5.32 Å². The highest BCUT2D eigenvalue weighted by Gasteiger charge is 2.32. The molecule has 148 valence electrons. The van der Waals surface area contributed by atoms with Crippen LogP contribution in [-0.4, -0.2) is 38.2 Å². The highest BCUT2D eigenvalue weighted by Crippen LogP contribution is 2.35. The molecule has 2 aromatic rings. The fourth-order valence-corrected chi connectivity index (χ4v) is 5.41. The normalized spacial score (nSPS) is 16.0. The molecular formula is C20H22N2O4S2. The van der Waals surface area contributed by atoms with E-state index in [0.29, 0.717) is 23.4 Å². The molecule has 0 spiro atoms. The molecule has 6 nitrogen and oxygen atoms in total. The molecule has 1 amide bonds. The lowest BCUT2D eigenvalue weighted by Gasteiger charge is -2.21. The van der Waals surface area contributed by atoms with Gasteiger partial charge in [0.05, 0.1) is 17.7 Å². The lowest BCUT2D eigenvalue weighted by atomic mass is 10.0. The Morgan fingerprint density at radius 1 is 1.18 bits per heavy atom. The van der Waals surface area contributed by atoms with Crippen LogP contribution in [-0.2, 0) is 21.2 Å². The smallest absolute Gasteiger partial charge is 0.232 e. The third-order valence-electron chi connectivity index (χ3n) is 4.46. The monoisotopic (exact) mass is 418 g/mol. The summed E-state index contributed by atoms with van der Waals surface area (Å²) in [6.45, 7) is 3.32. The van der Waals surface area contributed by atoms with Crippen LogP contribution < -0.4 is 9.62 Å². The van der Waals surface area contributed by atoms with E-state index in [4.69, 9.17) is 0 Å². The second kappa shape index (κ2) is 7.97. The Morgan fingerprint density at radius 2 is 1.86 bits per heavy atom. The van der Waals surface area contributed by atoms with Crippen molar-refractivity contribution in [3.05, 3.63) is 53.6 Å². The summed E-state index contributed by atoms with van der Waals surface area (Å²) >= 11 is 1.42. The Hall–Kier alpha value is -2.32. The van der Waals surface area contributed by atoms with Gasteiger partial charge >= 0.3 is 0 Å². The number of carbonyl (C=O) groups excluding carboxylic acids is 2. The third kappa shape index (κ3) is 4.56. The van der Waals surface area contributed by atoms with Crippen LogP contribution in [0.2, 0.25) is 0 Å². The van der Waals surface area contributed by atoms with Gasteiger partial charge in [-0.1, -0.05) is 0 Å². The second-order valence-electron chi connectivity index (χ2n) is 6.87. The average molecular weight is 419 g/mol. The van der Waals surface area contributed by atoms with E-state index in [-0.39, 0.29) is 23.5 Å². The van der Waals surface area contributed by atoms with Gasteiger partial charge in [-0.05, 0) is 61.4 Å². The van der Waals surface area contributed by atoms with Gasteiger partial charge in [-0.3, -0.25) is 13.9 Å². The number of Topliss-reactive ketones (excluding diaryl/α,β-unsaturated/α-hetero) is 1. The minimum Gasteiger partial charge on any atom is -0.326 e. The molecule has 0 aromatic heterocycles. The lowest BCUT2D eigenvalue weighted by Crippen LogP contribution is -2.34. The van der Waals surface area contributed by atoms with Gasteiger partial charge in [0, 0.05) is 29.1 Å². The van der Waals surface area contributed by atoms with Gasteiger partial charge in [0.25, 0.3) is 0 Å². The molecule has 1 aliphatic rings. The molecule has 1 N–H and O–H groups in total. The molecule has 0 radical (unpaired) electrons. The minimum atomic E-state index is -3.34. The Morgan fingerprint density at radius 3 is 2.46 bits per heavy atom. The predicted octanol–water partition coefficient (Wildman–Crippen LogP) is 3.33. The molecule has 28 heavy (non-hydrogen) atoms. The summed E-state index contributed by atoms with van der Waals surface area (Å²) in [6.07, 6.45) is 1.80. The molecule has 0 saturated carbocycles. The quantitative estimate of drug-likeness (QED) is 0.575. The number of benzene rings is 2. The van der Waals surface area contributed by atoms with E-state index in [1.165, 1.54) is 29.2 Å². The Balaban J connectivity index is 1.68. The summed E-state index contributed by atoms with van der Waals surface area (Å²) in [5.74, 6) is 0.143. The number of anilines is 2. The Labute approximate surface area is 169 Å². The average Bonchev–Trinajstić information content (AvgIpc) is 2.95. The number of ketones is 1. The zero-order valence-electron chi connectivity index (χ0n) is 15.9. The maximum Gasteiger partial charge on any atom is 0.232 e. The first-order valence-electron chi connectivity index (χ1n) is 8.81. The molecule has 0 aliphatic carbocycles. The van der Waals surface area contributed by atoms with Crippen molar-refractivity contribution in [1.82, 2.24) is 0 Å². The molecular weight excluding hydrogens is 396 g/mol. The summed E-state index contributed by atoms with van der Waals surface area (Å²) in [5, 5.41) is 2.70. The molecule has 1 aliphatic heterocycles. The van der Waals surface area contributed by atoms with Crippen LogP contribution in [0.5, 0.6) is 0 Å². The number of fused-ring (bicyclic) bond motifs is 1. The van der Waals surface area contributed by atoms with Gasteiger partial charge in [-0.2, -0.15) is 0 Å². The first kappa shape index (κ1) is 20.4. The Kier molecular flexibility index (Phi) is 5.81. The molecule has 0 bridgehead atoms. The first-order valence-corrected chi connectivity index (χ1v) is 11.6. The predicted molar refractivity (Wildman–Crippen MR) is 113 cm³/mol. The number of hydrogen-bond donors (Lipinski definition) is 1. The number of hydrogen-bond acceptors (Lipinski definition) is 5. The van der Waals surface area contributed by atoms with Crippen molar-refractivity contribution >= 4 is 44.9 Å². The largest absolute Gasteiger partial charge is 0.326 e. The third-order valence-corrected chi connectivity index (χ3v) is 6.74. The fraction of sp³-hybridized carbons (Fsp3) is 0.300. The summed E-state index contributed by atoms with van der Waals surface area (Å²) in [4.78, 5) is 24.6. The highest BCUT2D eigenvalue weighted by molar-refractivity contribution is 8.00. The first-order chi connectivity index (χ1) is 13.1. The van der Waals surface area contributed by atoms with Crippen molar-refractivity contribution in [1.29, 1.82) is 0 Å². The summed E-state index contributed by atoms with van der Waals surface area (Å²) in [7, 11) is -3.34. The SMILES string of the molecule is CC(=O)Nc1ccc(SCC(=O)c2ccc3c(c2)C[C@H](C)N3S(C)(=O)=O)cc1. The molecule has 0 fully saturated rings.